The number of aromatic hydroxyl groups is 1. The Labute approximate surface area is 150 Å². The van der Waals surface area contributed by atoms with Gasteiger partial charge in [-0.05, 0) is 35.9 Å². The third kappa shape index (κ3) is 3.15. The number of hydrogen-bond acceptors (Lipinski definition) is 5. The minimum absolute atomic E-state index is 0.218. The molecule has 4 rings (SSSR count). The van der Waals surface area contributed by atoms with Gasteiger partial charge in [-0.15, -0.1) is 0 Å². The van der Waals surface area contributed by atoms with Crippen molar-refractivity contribution in [1.82, 2.24) is 4.98 Å². The molecule has 5 nitrogen and oxygen atoms in total. The van der Waals surface area contributed by atoms with Gasteiger partial charge in [-0.1, -0.05) is 30.3 Å². The van der Waals surface area contributed by atoms with Gasteiger partial charge in [-0.3, -0.25) is 4.99 Å². The molecule has 1 aliphatic heterocycles. The number of aromatic nitrogens is 1. The molecule has 0 saturated carbocycles. The Hall–Kier alpha value is -3.60. The van der Waals surface area contributed by atoms with Gasteiger partial charge in [0.1, 0.15) is 11.4 Å². The lowest BCUT2D eigenvalue weighted by Gasteiger charge is -1.98. The van der Waals surface area contributed by atoms with Crippen molar-refractivity contribution in [2.24, 2.45) is 4.99 Å². The molecule has 0 aliphatic carbocycles. The summed E-state index contributed by atoms with van der Waals surface area (Å²) in [6.07, 6.45) is 7.08. The lowest BCUT2D eigenvalue weighted by molar-refractivity contribution is 0.328. The van der Waals surface area contributed by atoms with Crippen LogP contribution in [0.2, 0.25) is 0 Å². The molecule has 0 saturated heterocycles. The van der Waals surface area contributed by atoms with E-state index in [9.17, 15) is 5.11 Å². The summed E-state index contributed by atoms with van der Waals surface area (Å²) in [4.78, 5) is 8.67. The minimum Gasteiger partial charge on any atom is -0.497 e. The highest BCUT2D eigenvalue weighted by Gasteiger charge is 2.14. The maximum atomic E-state index is 10.0. The van der Waals surface area contributed by atoms with Crippen molar-refractivity contribution in [2.75, 3.05) is 7.11 Å². The minimum atomic E-state index is -0.218. The van der Waals surface area contributed by atoms with E-state index >= 15 is 0 Å². The summed E-state index contributed by atoms with van der Waals surface area (Å²) in [6, 6.07) is 15.4. The number of para-hydroxylation sites is 1. The van der Waals surface area contributed by atoms with E-state index in [1.165, 1.54) is 0 Å². The van der Waals surface area contributed by atoms with Crippen LogP contribution >= 0.6 is 0 Å². The van der Waals surface area contributed by atoms with Gasteiger partial charge in [-0.25, -0.2) is 4.98 Å². The Morgan fingerprint density at radius 2 is 1.85 bits per heavy atom. The van der Waals surface area contributed by atoms with E-state index in [0.29, 0.717) is 11.6 Å². The number of fused-ring (bicyclic) bond motifs is 1. The molecule has 0 bridgehead atoms. The van der Waals surface area contributed by atoms with E-state index in [1.54, 1.807) is 25.5 Å². The molecule has 1 N–H and O–H groups in total. The van der Waals surface area contributed by atoms with Gasteiger partial charge in [0, 0.05) is 23.4 Å². The van der Waals surface area contributed by atoms with Crippen LogP contribution in [-0.4, -0.2) is 23.4 Å². The molecule has 0 amide bonds. The van der Waals surface area contributed by atoms with Gasteiger partial charge >= 0.3 is 5.95 Å². The fourth-order valence-corrected chi connectivity index (χ4v) is 2.69. The summed E-state index contributed by atoms with van der Waals surface area (Å²) in [5, 5.41) is 10.0. The van der Waals surface area contributed by atoms with Crippen LogP contribution in [0.25, 0.3) is 23.8 Å². The molecule has 0 atom stereocenters. The Balaban J connectivity index is 1.57. The topological polar surface area (TPSA) is 67.9 Å². The number of benzene rings is 2. The second kappa shape index (κ2) is 6.72. The normalized spacial score (nSPS) is 14.3. The molecule has 2 heterocycles. The standard InChI is InChI=1S/C21H16N2O3/c1-25-16-9-6-14(7-10-16)8-11-20-23-19(21(24)26-20)12-15-13-22-18-5-3-2-4-17(15)18/h2-13,24H,1H3/b11-8+,15-12?. The van der Waals surface area contributed by atoms with E-state index in [0.717, 1.165) is 28.1 Å². The first-order valence-corrected chi connectivity index (χ1v) is 8.10. The van der Waals surface area contributed by atoms with Crippen LogP contribution < -0.4 is 4.74 Å². The summed E-state index contributed by atoms with van der Waals surface area (Å²) in [5.74, 6) is 0.904. The van der Waals surface area contributed by atoms with Crippen LogP contribution in [0.5, 0.6) is 11.7 Å². The third-order valence-corrected chi connectivity index (χ3v) is 4.04. The molecule has 128 valence electrons. The zero-order valence-corrected chi connectivity index (χ0v) is 14.1. The highest BCUT2D eigenvalue weighted by molar-refractivity contribution is 6.21. The number of ether oxygens (including phenoxy) is 1. The lowest BCUT2D eigenvalue weighted by Crippen LogP contribution is -1.82. The van der Waals surface area contributed by atoms with Crippen LogP contribution in [0.3, 0.4) is 0 Å². The van der Waals surface area contributed by atoms with E-state index < -0.39 is 0 Å². The fraction of sp³-hybridized carbons (Fsp3) is 0.0476. The molecule has 0 spiro atoms. The maximum absolute atomic E-state index is 10.0. The van der Waals surface area contributed by atoms with Gasteiger partial charge in [-0.2, -0.15) is 0 Å². The smallest absolute Gasteiger partial charge is 0.310 e. The third-order valence-electron chi connectivity index (χ3n) is 4.04. The number of hydrogen-bond donors (Lipinski definition) is 1. The molecule has 0 fully saturated rings. The summed E-state index contributed by atoms with van der Waals surface area (Å²) in [5.41, 5.74) is 4.14. The van der Waals surface area contributed by atoms with Crippen molar-refractivity contribution >= 4 is 35.7 Å². The molecule has 0 radical (unpaired) electrons. The first kappa shape index (κ1) is 15.9. The van der Waals surface area contributed by atoms with Gasteiger partial charge in [0.15, 0.2) is 0 Å². The second-order valence-corrected chi connectivity index (χ2v) is 5.72. The molecule has 26 heavy (non-hydrogen) atoms. The average Bonchev–Trinajstić information content (AvgIpc) is 3.24. The first-order valence-electron chi connectivity index (χ1n) is 8.10. The Kier molecular flexibility index (Phi) is 4.11. The summed E-state index contributed by atoms with van der Waals surface area (Å²) in [7, 11) is 1.63. The average molecular weight is 344 g/mol. The van der Waals surface area contributed by atoms with Gasteiger partial charge in [0.2, 0.25) is 5.89 Å². The number of allylic oxidation sites excluding steroid dienone is 1. The summed E-state index contributed by atoms with van der Waals surface area (Å²) < 4.78 is 10.5. The van der Waals surface area contributed by atoms with E-state index in [4.69, 9.17) is 9.15 Å². The molecule has 3 aromatic rings. The molecule has 0 unspecified atom stereocenters. The largest absolute Gasteiger partial charge is 0.497 e. The van der Waals surface area contributed by atoms with Crippen molar-refractivity contribution in [2.45, 2.75) is 0 Å². The number of oxazole rings is 1. The fourth-order valence-electron chi connectivity index (χ4n) is 2.69. The van der Waals surface area contributed by atoms with E-state index in [1.807, 2.05) is 54.6 Å². The van der Waals surface area contributed by atoms with Gasteiger partial charge in [0.05, 0.1) is 12.8 Å². The first-order chi connectivity index (χ1) is 12.7. The molecular formula is C21H16N2O3. The van der Waals surface area contributed by atoms with Crippen molar-refractivity contribution in [1.29, 1.82) is 0 Å². The predicted molar refractivity (Wildman–Crippen MR) is 103 cm³/mol. The summed E-state index contributed by atoms with van der Waals surface area (Å²) >= 11 is 0. The van der Waals surface area contributed by atoms with E-state index in [2.05, 4.69) is 9.98 Å². The van der Waals surface area contributed by atoms with Gasteiger partial charge in [0.25, 0.3) is 0 Å². The Morgan fingerprint density at radius 1 is 1.04 bits per heavy atom. The van der Waals surface area contributed by atoms with Crippen molar-refractivity contribution in [3.8, 4) is 11.7 Å². The lowest BCUT2D eigenvalue weighted by atomic mass is 10.1. The number of nitrogens with zero attached hydrogens (tertiary/aromatic N) is 2. The number of aliphatic imine (C=N–C) groups is 1. The van der Waals surface area contributed by atoms with Crippen LogP contribution in [0.15, 0.2) is 57.9 Å². The molecular weight excluding hydrogens is 328 g/mol. The molecule has 1 aliphatic rings. The SMILES string of the molecule is COc1ccc(/C=C/c2nc(C=C3C=Nc4ccccc43)c(O)o2)cc1. The summed E-state index contributed by atoms with van der Waals surface area (Å²) in [6.45, 7) is 0. The molecule has 5 heteroatoms. The highest BCUT2D eigenvalue weighted by Crippen LogP contribution is 2.33. The number of rotatable bonds is 4. The van der Waals surface area contributed by atoms with E-state index in [-0.39, 0.29) is 5.95 Å². The zero-order valence-electron chi connectivity index (χ0n) is 14.1. The quantitative estimate of drug-likeness (QED) is 0.737. The van der Waals surface area contributed by atoms with Crippen LogP contribution in [0, 0.1) is 0 Å². The second-order valence-electron chi connectivity index (χ2n) is 5.72. The van der Waals surface area contributed by atoms with Crippen LogP contribution in [0.4, 0.5) is 5.69 Å². The maximum Gasteiger partial charge on any atom is 0.310 e. The zero-order chi connectivity index (χ0) is 17.9. The number of methoxy groups -OCH3 is 1. The van der Waals surface area contributed by atoms with Crippen molar-refractivity contribution < 1.29 is 14.3 Å². The molecule has 1 aromatic heterocycles. The van der Waals surface area contributed by atoms with Gasteiger partial charge < -0.3 is 14.3 Å². The van der Waals surface area contributed by atoms with Crippen molar-refractivity contribution in [3.05, 3.63) is 71.2 Å². The van der Waals surface area contributed by atoms with Crippen LogP contribution in [0.1, 0.15) is 22.7 Å². The Bertz CT molecular complexity index is 1030. The predicted octanol–water partition coefficient (Wildman–Crippen LogP) is 4.82. The van der Waals surface area contributed by atoms with Crippen LogP contribution in [-0.2, 0) is 0 Å². The van der Waals surface area contributed by atoms with Crippen molar-refractivity contribution in [3.63, 3.8) is 0 Å². The molecule has 2 aromatic carbocycles. The monoisotopic (exact) mass is 344 g/mol. The Morgan fingerprint density at radius 3 is 2.65 bits per heavy atom. The highest BCUT2D eigenvalue weighted by atomic mass is 16.5.